The summed E-state index contributed by atoms with van der Waals surface area (Å²) in [7, 11) is 0.847. The molecule has 144 valence electrons. The first-order chi connectivity index (χ1) is 12.1. The lowest BCUT2D eigenvalue weighted by molar-refractivity contribution is 0.680. The highest BCUT2D eigenvalue weighted by Crippen LogP contribution is 2.17. The number of aromatic nitrogens is 1. The van der Waals surface area contributed by atoms with E-state index in [0.717, 1.165) is 16.3 Å². The van der Waals surface area contributed by atoms with Crippen molar-refractivity contribution in [3.05, 3.63) is 52.0 Å². The van der Waals surface area contributed by atoms with Gasteiger partial charge in [0.15, 0.2) is 5.96 Å². The molecule has 0 fully saturated rings. The van der Waals surface area contributed by atoms with E-state index in [-0.39, 0.29) is 24.0 Å². The summed E-state index contributed by atoms with van der Waals surface area (Å²) in [6, 6.07) is 9.92. The Morgan fingerprint density at radius 3 is 2.62 bits per heavy atom. The fourth-order valence-corrected chi connectivity index (χ4v) is 4.10. The molecule has 2 aromatic rings. The Hall–Kier alpha value is -1.00. The fourth-order valence-electron chi connectivity index (χ4n) is 2.17. The molecule has 5 nitrogen and oxygen atoms in total. The van der Waals surface area contributed by atoms with Gasteiger partial charge < -0.3 is 10.6 Å². The van der Waals surface area contributed by atoms with Crippen LogP contribution in [0.25, 0.3) is 0 Å². The molecular weight excluding hydrogens is 479 g/mol. The third-order valence-electron chi connectivity index (χ3n) is 3.58. The second kappa shape index (κ2) is 12.4. The van der Waals surface area contributed by atoms with Crippen LogP contribution in [-0.4, -0.2) is 34.5 Å². The van der Waals surface area contributed by atoms with Gasteiger partial charge in [0.05, 0.1) is 12.2 Å². The van der Waals surface area contributed by atoms with Crippen LogP contribution in [0.3, 0.4) is 0 Å². The average Bonchev–Trinajstić information content (AvgIpc) is 3.08. The summed E-state index contributed by atoms with van der Waals surface area (Å²) < 4.78 is 12.1. The number of hydrogen-bond donors (Lipinski definition) is 2. The molecule has 0 aliphatic heterocycles. The molecule has 0 bridgehead atoms. The maximum Gasteiger partial charge on any atom is 0.191 e. The molecule has 0 saturated heterocycles. The van der Waals surface area contributed by atoms with E-state index in [1.54, 1.807) is 18.4 Å². The molecule has 2 rings (SSSR count). The van der Waals surface area contributed by atoms with Gasteiger partial charge in [0.1, 0.15) is 5.01 Å². The normalized spacial score (nSPS) is 12.5. The van der Waals surface area contributed by atoms with E-state index < -0.39 is 10.8 Å². The second-order valence-electron chi connectivity index (χ2n) is 5.95. The summed E-state index contributed by atoms with van der Waals surface area (Å²) in [6.45, 7) is 5.54. The van der Waals surface area contributed by atoms with Gasteiger partial charge in [-0.15, -0.1) is 35.3 Å². The number of halogens is 1. The monoisotopic (exact) mass is 506 g/mol. The SMILES string of the molecule is CN=C(NCCS(=O)Cc1ccccc1)NCc1nc(C(C)C)cs1.I. The Morgan fingerprint density at radius 2 is 2.00 bits per heavy atom. The molecule has 0 spiro atoms. The Labute approximate surface area is 179 Å². The van der Waals surface area contributed by atoms with Crippen LogP contribution in [0.15, 0.2) is 40.7 Å². The molecule has 1 unspecified atom stereocenters. The number of hydrogen-bond acceptors (Lipinski definition) is 4. The number of thiazole rings is 1. The molecule has 0 radical (unpaired) electrons. The predicted octanol–water partition coefficient (Wildman–Crippen LogP) is 3.50. The van der Waals surface area contributed by atoms with Gasteiger partial charge >= 0.3 is 0 Å². The molecule has 26 heavy (non-hydrogen) atoms. The molecule has 1 atom stereocenters. The van der Waals surface area contributed by atoms with E-state index in [1.165, 1.54) is 0 Å². The van der Waals surface area contributed by atoms with E-state index in [4.69, 9.17) is 0 Å². The van der Waals surface area contributed by atoms with Crippen LogP contribution in [0.2, 0.25) is 0 Å². The minimum atomic E-state index is -0.887. The van der Waals surface area contributed by atoms with Gasteiger partial charge in [0.25, 0.3) is 0 Å². The number of aliphatic imine (C=N–C) groups is 1. The zero-order valence-corrected chi connectivity index (χ0v) is 19.4. The fraction of sp³-hybridized carbons (Fsp3) is 0.444. The first-order valence-corrected chi connectivity index (χ1v) is 10.7. The van der Waals surface area contributed by atoms with E-state index in [2.05, 4.69) is 39.8 Å². The van der Waals surface area contributed by atoms with Crippen LogP contribution in [0, 0.1) is 0 Å². The highest BCUT2D eigenvalue weighted by atomic mass is 127. The number of nitrogens with one attached hydrogen (secondary N) is 2. The van der Waals surface area contributed by atoms with Crippen LogP contribution in [0.4, 0.5) is 0 Å². The van der Waals surface area contributed by atoms with Crippen molar-refractivity contribution in [1.29, 1.82) is 0 Å². The summed E-state index contributed by atoms with van der Waals surface area (Å²) in [5.74, 6) is 2.33. The van der Waals surface area contributed by atoms with Gasteiger partial charge in [-0.05, 0) is 11.5 Å². The Morgan fingerprint density at radius 1 is 1.27 bits per heavy atom. The van der Waals surface area contributed by atoms with Crippen molar-refractivity contribution in [3.8, 4) is 0 Å². The lowest BCUT2D eigenvalue weighted by Gasteiger charge is -2.10. The van der Waals surface area contributed by atoms with Crippen LogP contribution in [0.1, 0.15) is 36.0 Å². The summed E-state index contributed by atoms with van der Waals surface area (Å²) in [5, 5.41) is 9.60. The van der Waals surface area contributed by atoms with Crippen molar-refractivity contribution >= 4 is 52.1 Å². The van der Waals surface area contributed by atoms with Gasteiger partial charge in [-0.2, -0.15) is 0 Å². The van der Waals surface area contributed by atoms with Gasteiger partial charge in [-0.3, -0.25) is 9.20 Å². The molecule has 0 saturated carbocycles. The van der Waals surface area contributed by atoms with Crippen LogP contribution < -0.4 is 10.6 Å². The number of rotatable bonds is 8. The standard InChI is InChI=1S/C18H26N4OS2.HI/c1-14(2)16-12-24-17(22-16)11-21-18(19-3)20-9-10-25(23)13-15-7-5-4-6-8-15;/h4-8,12,14H,9-11,13H2,1-3H3,(H2,19,20,21);1H. The minimum absolute atomic E-state index is 0. The maximum atomic E-state index is 12.1. The van der Waals surface area contributed by atoms with Gasteiger partial charge in [-0.1, -0.05) is 44.2 Å². The Balaban J connectivity index is 0.00000338. The second-order valence-corrected chi connectivity index (χ2v) is 8.47. The highest BCUT2D eigenvalue weighted by Gasteiger charge is 2.07. The molecule has 0 aliphatic rings. The van der Waals surface area contributed by atoms with Crippen molar-refractivity contribution in [3.63, 3.8) is 0 Å². The number of nitrogens with zero attached hydrogens (tertiary/aromatic N) is 2. The summed E-state index contributed by atoms with van der Waals surface area (Å²) in [6.07, 6.45) is 0. The number of guanidine groups is 1. The van der Waals surface area contributed by atoms with Crippen LogP contribution >= 0.6 is 35.3 Å². The van der Waals surface area contributed by atoms with Crippen molar-refractivity contribution in [1.82, 2.24) is 15.6 Å². The molecule has 0 aliphatic carbocycles. The zero-order valence-electron chi connectivity index (χ0n) is 15.4. The van der Waals surface area contributed by atoms with Crippen LogP contribution in [-0.2, 0) is 23.1 Å². The predicted molar refractivity (Wildman–Crippen MR) is 123 cm³/mol. The van der Waals surface area contributed by atoms with E-state index >= 15 is 0 Å². The summed E-state index contributed by atoms with van der Waals surface area (Å²) >= 11 is 1.66. The molecule has 1 aromatic carbocycles. The topological polar surface area (TPSA) is 66.4 Å². The molecule has 2 N–H and O–H groups in total. The third kappa shape index (κ3) is 8.13. The smallest absolute Gasteiger partial charge is 0.191 e. The van der Waals surface area contributed by atoms with Crippen molar-refractivity contribution in [2.45, 2.75) is 32.1 Å². The number of benzene rings is 1. The van der Waals surface area contributed by atoms with Crippen molar-refractivity contribution in [2.75, 3.05) is 19.3 Å². The molecule has 1 aromatic heterocycles. The lowest BCUT2D eigenvalue weighted by Crippen LogP contribution is -2.38. The average molecular weight is 506 g/mol. The molecule has 1 heterocycles. The Bertz CT molecular complexity index is 704. The molecule has 0 amide bonds. The summed E-state index contributed by atoms with van der Waals surface area (Å²) in [4.78, 5) is 8.79. The molecule has 8 heteroatoms. The minimum Gasteiger partial charge on any atom is -0.355 e. The third-order valence-corrected chi connectivity index (χ3v) is 5.77. The largest absolute Gasteiger partial charge is 0.355 e. The lowest BCUT2D eigenvalue weighted by atomic mass is 10.2. The quantitative estimate of drug-likeness (QED) is 0.327. The van der Waals surface area contributed by atoms with Gasteiger partial charge in [0.2, 0.25) is 0 Å². The van der Waals surface area contributed by atoms with Gasteiger partial charge in [0, 0.05) is 41.3 Å². The highest BCUT2D eigenvalue weighted by molar-refractivity contribution is 14.0. The maximum absolute atomic E-state index is 12.1. The summed E-state index contributed by atoms with van der Waals surface area (Å²) in [5.41, 5.74) is 2.23. The van der Waals surface area contributed by atoms with Crippen LogP contribution in [0.5, 0.6) is 0 Å². The first kappa shape index (κ1) is 23.0. The van der Waals surface area contributed by atoms with Crippen molar-refractivity contribution < 1.29 is 4.21 Å². The van der Waals surface area contributed by atoms with E-state index in [0.29, 0.717) is 36.5 Å². The zero-order chi connectivity index (χ0) is 18.1. The molecular formula is C18H27IN4OS2. The Kier molecular flexibility index (Phi) is 11.0. The van der Waals surface area contributed by atoms with Crippen molar-refractivity contribution in [2.24, 2.45) is 4.99 Å². The van der Waals surface area contributed by atoms with Gasteiger partial charge in [-0.25, -0.2) is 4.98 Å². The van der Waals surface area contributed by atoms with E-state index in [1.807, 2.05) is 30.3 Å². The van der Waals surface area contributed by atoms with E-state index in [9.17, 15) is 4.21 Å². The first-order valence-electron chi connectivity index (χ1n) is 8.36.